The molecule has 0 aliphatic carbocycles. The number of halogens is 1. The molecule has 2 nitrogen and oxygen atoms in total. The Kier molecular flexibility index (Phi) is 9.52. The average Bonchev–Trinajstić information content (AvgIpc) is 2.49. The third-order valence-electron chi connectivity index (χ3n) is 4.08. The van der Waals surface area contributed by atoms with E-state index in [1.54, 1.807) is 6.07 Å². The maximum atomic E-state index is 13.5. The summed E-state index contributed by atoms with van der Waals surface area (Å²) in [7, 11) is 0. The third-order valence-corrected chi connectivity index (χ3v) is 4.08. The second-order valence-corrected chi connectivity index (χ2v) is 6.05. The first kappa shape index (κ1) is 18.7. The summed E-state index contributed by atoms with van der Waals surface area (Å²) < 4.78 is 13.5. The molecule has 0 amide bonds. The van der Waals surface area contributed by atoms with E-state index in [2.05, 4.69) is 6.92 Å². The minimum Gasteiger partial charge on any atom is -0.478 e. The average molecular weight is 308 g/mol. The predicted molar refractivity (Wildman–Crippen MR) is 88.9 cm³/mol. The molecule has 1 N–H and O–H groups in total. The topological polar surface area (TPSA) is 37.3 Å². The number of rotatable bonds is 12. The van der Waals surface area contributed by atoms with Crippen molar-refractivity contribution in [1.82, 2.24) is 0 Å². The molecule has 0 bridgehead atoms. The summed E-state index contributed by atoms with van der Waals surface area (Å²) in [6, 6.07) is 4.45. The van der Waals surface area contributed by atoms with E-state index in [0.717, 1.165) is 24.8 Å². The number of carboxylic acid groups (broad SMARTS) is 1. The minimum atomic E-state index is -1.21. The normalized spacial score (nSPS) is 10.8. The Balaban J connectivity index is 2.07. The molecule has 124 valence electrons. The zero-order valence-electron chi connectivity index (χ0n) is 13.7. The Hall–Kier alpha value is -1.38. The lowest BCUT2D eigenvalue weighted by Crippen LogP contribution is -2.01. The number of aryl methyl sites for hydroxylation is 1. The van der Waals surface area contributed by atoms with Crippen molar-refractivity contribution in [2.45, 2.75) is 77.6 Å². The van der Waals surface area contributed by atoms with Crippen LogP contribution in [-0.2, 0) is 6.42 Å². The van der Waals surface area contributed by atoms with E-state index in [1.807, 2.05) is 0 Å². The summed E-state index contributed by atoms with van der Waals surface area (Å²) in [6.45, 7) is 2.24. The fourth-order valence-electron chi connectivity index (χ4n) is 2.70. The highest BCUT2D eigenvalue weighted by molar-refractivity contribution is 5.87. The molecule has 1 rings (SSSR count). The van der Waals surface area contributed by atoms with E-state index in [4.69, 9.17) is 5.11 Å². The largest absolute Gasteiger partial charge is 0.478 e. The zero-order valence-corrected chi connectivity index (χ0v) is 13.7. The lowest BCUT2D eigenvalue weighted by atomic mass is 10.0. The summed E-state index contributed by atoms with van der Waals surface area (Å²) in [5.74, 6) is -1.83. The van der Waals surface area contributed by atoms with Crippen LogP contribution in [0.5, 0.6) is 0 Å². The van der Waals surface area contributed by atoms with Crippen LogP contribution in [0, 0.1) is 5.82 Å². The van der Waals surface area contributed by atoms with Gasteiger partial charge in [-0.25, -0.2) is 9.18 Å². The Morgan fingerprint density at radius 1 is 0.955 bits per heavy atom. The fraction of sp³-hybridized carbons (Fsp3) is 0.632. The van der Waals surface area contributed by atoms with Crippen LogP contribution in [0.25, 0.3) is 0 Å². The molecule has 0 unspecified atom stereocenters. The maximum absolute atomic E-state index is 13.5. The zero-order chi connectivity index (χ0) is 16.2. The Morgan fingerprint density at radius 3 is 2.00 bits per heavy atom. The molecule has 1 aromatic rings. The fourth-order valence-corrected chi connectivity index (χ4v) is 2.70. The Labute approximate surface area is 133 Å². The van der Waals surface area contributed by atoms with E-state index in [9.17, 15) is 9.18 Å². The summed E-state index contributed by atoms with van der Waals surface area (Å²) in [6.07, 6.45) is 13.6. The second kappa shape index (κ2) is 11.2. The van der Waals surface area contributed by atoms with Gasteiger partial charge in [-0.15, -0.1) is 0 Å². The van der Waals surface area contributed by atoms with Crippen LogP contribution in [0.4, 0.5) is 4.39 Å². The molecular formula is C19H29FO2. The maximum Gasteiger partial charge on any atom is 0.338 e. The van der Waals surface area contributed by atoms with Crippen LogP contribution < -0.4 is 0 Å². The van der Waals surface area contributed by atoms with Gasteiger partial charge in [-0.3, -0.25) is 0 Å². The number of carboxylic acids is 1. The quantitative estimate of drug-likeness (QED) is 0.482. The van der Waals surface area contributed by atoms with Crippen LogP contribution in [0.3, 0.4) is 0 Å². The molecule has 0 radical (unpaired) electrons. The van der Waals surface area contributed by atoms with Gasteiger partial charge in [-0.1, -0.05) is 70.8 Å². The lowest BCUT2D eigenvalue weighted by molar-refractivity contribution is 0.0692. The van der Waals surface area contributed by atoms with Gasteiger partial charge in [0, 0.05) is 0 Å². The SMILES string of the molecule is CCCCCCCCCCCCc1ccc(C(=O)O)c(F)c1. The number of hydrogen-bond acceptors (Lipinski definition) is 1. The summed E-state index contributed by atoms with van der Waals surface area (Å²) in [4.78, 5) is 10.7. The number of unbranched alkanes of at least 4 members (excludes halogenated alkanes) is 9. The molecule has 0 aliphatic rings. The van der Waals surface area contributed by atoms with E-state index in [-0.39, 0.29) is 5.56 Å². The molecule has 0 atom stereocenters. The molecule has 3 heteroatoms. The molecule has 0 saturated heterocycles. The van der Waals surface area contributed by atoms with Crippen LogP contribution >= 0.6 is 0 Å². The van der Waals surface area contributed by atoms with E-state index in [0.29, 0.717) is 0 Å². The van der Waals surface area contributed by atoms with Gasteiger partial charge in [0.05, 0.1) is 5.56 Å². The summed E-state index contributed by atoms with van der Waals surface area (Å²) in [5.41, 5.74) is 0.647. The van der Waals surface area contributed by atoms with Crippen molar-refractivity contribution in [3.63, 3.8) is 0 Å². The monoisotopic (exact) mass is 308 g/mol. The minimum absolute atomic E-state index is 0.244. The summed E-state index contributed by atoms with van der Waals surface area (Å²) >= 11 is 0. The van der Waals surface area contributed by atoms with Gasteiger partial charge in [0.2, 0.25) is 0 Å². The van der Waals surface area contributed by atoms with Gasteiger partial charge in [0.25, 0.3) is 0 Å². The molecule has 0 aromatic heterocycles. The van der Waals surface area contributed by atoms with Gasteiger partial charge < -0.3 is 5.11 Å². The van der Waals surface area contributed by atoms with Crippen molar-refractivity contribution in [3.8, 4) is 0 Å². The van der Waals surface area contributed by atoms with Crippen molar-refractivity contribution in [3.05, 3.63) is 35.1 Å². The number of hydrogen-bond donors (Lipinski definition) is 1. The number of carbonyl (C=O) groups is 1. The van der Waals surface area contributed by atoms with Gasteiger partial charge in [-0.05, 0) is 30.5 Å². The van der Waals surface area contributed by atoms with E-state index < -0.39 is 11.8 Å². The smallest absolute Gasteiger partial charge is 0.338 e. The molecule has 0 aliphatic heterocycles. The van der Waals surface area contributed by atoms with Gasteiger partial charge >= 0.3 is 5.97 Å². The predicted octanol–water partition coefficient (Wildman–Crippen LogP) is 5.99. The molecule has 0 heterocycles. The van der Waals surface area contributed by atoms with Crippen molar-refractivity contribution < 1.29 is 14.3 Å². The highest BCUT2D eigenvalue weighted by Crippen LogP contribution is 2.15. The Bertz CT molecular complexity index is 443. The molecule has 0 spiro atoms. The van der Waals surface area contributed by atoms with Crippen LogP contribution in [0.1, 0.15) is 87.1 Å². The van der Waals surface area contributed by atoms with Gasteiger partial charge in [-0.2, -0.15) is 0 Å². The van der Waals surface area contributed by atoms with Crippen molar-refractivity contribution in [2.24, 2.45) is 0 Å². The lowest BCUT2D eigenvalue weighted by Gasteiger charge is -2.04. The number of benzene rings is 1. The molecule has 0 fully saturated rings. The first-order valence-corrected chi connectivity index (χ1v) is 8.67. The molecule has 1 aromatic carbocycles. The highest BCUT2D eigenvalue weighted by Gasteiger charge is 2.09. The van der Waals surface area contributed by atoms with Crippen LogP contribution in [-0.4, -0.2) is 11.1 Å². The van der Waals surface area contributed by atoms with Crippen LogP contribution in [0.2, 0.25) is 0 Å². The number of aromatic carboxylic acids is 1. The van der Waals surface area contributed by atoms with E-state index in [1.165, 1.54) is 63.5 Å². The van der Waals surface area contributed by atoms with Crippen molar-refractivity contribution in [1.29, 1.82) is 0 Å². The first-order valence-electron chi connectivity index (χ1n) is 8.67. The van der Waals surface area contributed by atoms with Crippen molar-refractivity contribution >= 4 is 5.97 Å². The summed E-state index contributed by atoms with van der Waals surface area (Å²) in [5, 5.41) is 8.78. The van der Waals surface area contributed by atoms with Gasteiger partial charge in [0.1, 0.15) is 5.82 Å². The highest BCUT2D eigenvalue weighted by atomic mass is 19.1. The second-order valence-electron chi connectivity index (χ2n) is 6.05. The van der Waals surface area contributed by atoms with Crippen LogP contribution in [0.15, 0.2) is 18.2 Å². The standard InChI is InChI=1S/C19H29FO2/c1-2-3-4-5-6-7-8-9-10-11-12-16-13-14-17(19(21)22)18(20)15-16/h13-15H,2-12H2,1H3,(H,21,22). The van der Waals surface area contributed by atoms with E-state index >= 15 is 0 Å². The Morgan fingerprint density at radius 2 is 1.50 bits per heavy atom. The third kappa shape index (κ3) is 7.58. The molecule has 22 heavy (non-hydrogen) atoms. The molecular weight excluding hydrogens is 279 g/mol. The van der Waals surface area contributed by atoms with Crippen molar-refractivity contribution in [2.75, 3.05) is 0 Å². The first-order chi connectivity index (χ1) is 10.6. The van der Waals surface area contributed by atoms with Gasteiger partial charge in [0.15, 0.2) is 0 Å². The molecule has 0 saturated carbocycles.